The number of aliphatic hydroxyl groups excluding tert-OH is 1. The van der Waals surface area contributed by atoms with E-state index in [0.717, 1.165) is 0 Å². The van der Waals surface area contributed by atoms with Gasteiger partial charge in [-0.25, -0.2) is 0 Å². The highest BCUT2D eigenvalue weighted by molar-refractivity contribution is 5.41. The molecule has 4 heteroatoms. The molecule has 4 N–H and O–H groups in total. The van der Waals surface area contributed by atoms with Gasteiger partial charge in [-0.15, -0.1) is 0 Å². The summed E-state index contributed by atoms with van der Waals surface area (Å²) in [7, 11) is 0. The lowest BCUT2D eigenvalue weighted by Crippen LogP contribution is -2.32. The third kappa shape index (κ3) is 4.11. The van der Waals surface area contributed by atoms with Crippen molar-refractivity contribution in [1.29, 1.82) is 0 Å². The lowest BCUT2D eigenvalue weighted by Gasteiger charge is -2.19. The van der Waals surface area contributed by atoms with Gasteiger partial charge in [-0.05, 0) is 30.5 Å². The number of phenols is 2. The molecule has 1 saturated carbocycles. The van der Waals surface area contributed by atoms with Gasteiger partial charge in [-0.2, -0.15) is 0 Å². The van der Waals surface area contributed by atoms with E-state index in [-0.39, 0.29) is 11.5 Å². The van der Waals surface area contributed by atoms with Gasteiger partial charge in [0.1, 0.15) is 0 Å². The van der Waals surface area contributed by atoms with Crippen LogP contribution in [0.15, 0.2) is 18.2 Å². The Balaban J connectivity index is 1.85. The first kappa shape index (κ1) is 14.2. The van der Waals surface area contributed by atoms with E-state index in [0.29, 0.717) is 18.2 Å². The molecule has 1 aliphatic rings. The molecule has 1 atom stereocenters. The van der Waals surface area contributed by atoms with E-state index in [1.54, 1.807) is 6.07 Å². The molecule has 0 spiro atoms. The molecule has 1 aliphatic carbocycles. The highest BCUT2D eigenvalue weighted by Crippen LogP contribution is 2.27. The normalized spacial score (nSPS) is 19.0. The van der Waals surface area contributed by atoms with Crippen molar-refractivity contribution in [2.24, 2.45) is 0 Å². The monoisotopic (exact) mass is 265 g/mol. The van der Waals surface area contributed by atoms with Crippen LogP contribution in [0, 0.1) is 0 Å². The van der Waals surface area contributed by atoms with Crippen molar-refractivity contribution in [2.45, 2.75) is 50.7 Å². The molecule has 1 aromatic rings. The molecule has 0 aromatic heterocycles. The summed E-state index contributed by atoms with van der Waals surface area (Å²) in [4.78, 5) is 0. The van der Waals surface area contributed by atoms with E-state index in [4.69, 9.17) is 0 Å². The smallest absolute Gasteiger partial charge is 0.157 e. The highest BCUT2D eigenvalue weighted by atomic mass is 16.3. The standard InChI is InChI=1S/C15H23NO3/c17-13-8-7-11(9-14(13)18)15(19)10-16-12-5-3-1-2-4-6-12/h7-9,12,15-19H,1-6,10H2. The van der Waals surface area contributed by atoms with E-state index in [2.05, 4.69) is 5.32 Å². The summed E-state index contributed by atoms with van der Waals surface area (Å²) in [5.74, 6) is -0.348. The molecule has 1 fully saturated rings. The number of rotatable bonds is 4. The first-order valence-corrected chi connectivity index (χ1v) is 7.10. The van der Waals surface area contributed by atoms with E-state index >= 15 is 0 Å². The molecule has 0 amide bonds. The van der Waals surface area contributed by atoms with Crippen molar-refractivity contribution in [1.82, 2.24) is 5.32 Å². The molecule has 1 unspecified atom stereocenters. The average Bonchev–Trinajstić information content (AvgIpc) is 2.67. The van der Waals surface area contributed by atoms with E-state index in [1.807, 2.05) is 0 Å². The zero-order valence-corrected chi connectivity index (χ0v) is 11.2. The number of benzene rings is 1. The Bertz CT molecular complexity index is 400. The largest absolute Gasteiger partial charge is 0.504 e. The van der Waals surface area contributed by atoms with Crippen molar-refractivity contribution in [3.63, 3.8) is 0 Å². The zero-order chi connectivity index (χ0) is 13.7. The van der Waals surface area contributed by atoms with Gasteiger partial charge in [0.15, 0.2) is 11.5 Å². The van der Waals surface area contributed by atoms with Crippen LogP contribution >= 0.6 is 0 Å². The second-order valence-electron chi connectivity index (χ2n) is 5.36. The molecule has 106 valence electrons. The lowest BCUT2D eigenvalue weighted by molar-refractivity contribution is 0.167. The predicted molar refractivity (Wildman–Crippen MR) is 74.2 cm³/mol. The quantitative estimate of drug-likeness (QED) is 0.498. The minimum absolute atomic E-state index is 0.160. The van der Waals surface area contributed by atoms with Crippen LogP contribution in [-0.2, 0) is 0 Å². The Kier molecular flexibility index (Phi) is 5.05. The fourth-order valence-corrected chi connectivity index (χ4v) is 2.63. The topological polar surface area (TPSA) is 72.7 Å². The molecule has 0 radical (unpaired) electrons. The molecule has 1 aromatic carbocycles. The second kappa shape index (κ2) is 6.78. The fourth-order valence-electron chi connectivity index (χ4n) is 2.63. The number of nitrogens with one attached hydrogen (secondary N) is 1. The SMILES string of the molecule is Oc1ccc(C(O)CNC2CCCCCC2)cc1O. The second-order valence-corrected chi connectivity index (χ2v) is 5.36. The Hall–Kier alpha value is -1.26. The molecule has 0 bridgehead atoms. The number of aromatic hydroxyl groups is 2. The number of hydrogen-bond acceptors (Lipinski definition) is 4. The summed E-state index contributed by atoms with van der Waals surface area (Å²) < 4.78 is 0. The Morgan fingerprint density at radius 3 is 2.37 bits per heavy atom. The Labute approximate surface area is 114 Å². The maximum Gasteiger partial charge on any atom is 0.157 e. The van der Waals surface area contributed by atoms with Crippen molar-refractivity contribution in [3.05, 3.63) is 23.8 Å². The molecule has 2 rings (SSSR count). The predicted octanol–water partition coefficient (Wildman–Crippen LogP) is 2.44. The van der Waals surface area contributed by atoms with Gasteiger partial charge in [-0.3, -0.25) is 0 Å². The molecule has 19 heavy (non-hydrogen) atoms. The highest BCUT2D eigenvalue weighted by Gasteiger charge is 2.15. The van der Waals surface area contributed by atoms with Crippen LogP contribution < -0.4 is 5.32 Å². The van der Waals surface area contributed by atoms with Crippen molar-refractivity contribution < 1.29 is 15.3 Å². The summed E-state index contributed by atoms with van der Waals surface area (Å²) in [5, 5.41) is 32.1. The molecule has 0 heterocycles. The van der Waals surface area contributed by atoms with Crippen LogP contribution in [0.5, 0.6) is 11.5 Å². The maximum absolute atomic E-state index is 10.1. The van der Waals surface area contributed by atoms with E-state index in [1.165, 1.54) is 50.7 Å². The average molecular weight is 265 g/mol. The number of hydrogen-bond donors (Lipinski definition) is 4. The molecule has 0 saturated heterocycles. The van der Waals surface area contributed by atoms with Gasteiger partial charge in [0.25, 0.3) is 0 Å². The summed E-state index contributed by atoms with van der Waals surface area (Å²) in [6.45, 7) is 0.481. The van der Waals surface area contributed by atoms with Gasteiger partial charge >= 0.3 is 0 Å². The minimum Gasteiger partial charge on any atom is -0.504 e. The summed E-state index contributed by atoms with van der Waals surface area (Å²) in [6, 6.07) is 4.94. The molecule has 0 aliphatic heterocycles. The van der Waals surface area contributed by atoms with E-state index < -0.39 is 6.10 Å². The Morgan fingerprint density at radius 1 is 1.05 bits per heavy atom. The third-order valence-corrected chi connectivity index (χ3v) is 3.84. The van der Waals surface area contributed by atoms with Crippen molar-refractivity contribution in [2.75, 3.05) is 6.54 Å². The molecule has 4 nitrogen and oxygen atoms in total. The first-order valence-electron chi connectivity index (χ1n) is 7.10. The maximum atomic E-state index is 10.1. The fraction of sp³-hybridized carbons (Fsp3) is 0.600. The van der Waals surface area contributed by atoms with Crippen molar-refractivity contribution in [3.8, 4) is 11.5 Å². The van der Waals surface area contributed by atoms with Crippen molar-refractivity contribution >= 4 is 0 Å². The zero-order valence-electron chi connectivity index (χ0n) is 11.2. The van der Waals surface area contributed by atoms with E-state index in [9.17, 15) is 15.3 Å². The van der Waals surface area contributed by atoms with Gasteiger partial charge in [0, 0.05) is 12.6 Å². The third-order valence-electron chi connectivity index (χ3n) is 3.84. The van der Waals surface area contributed by atoms with Crippen LogP contribution in [0.2, 0.25) is 0 Å². The summed E-state index contributed by atoms with van der Waals surface area (Å²) >= 11 is 0. The summed E-state index contributed by atoms with van der Waals surface area (Å²) in [5.41, 5.74) is 0.622. The molecular formula is C15H23NO3. The van der Waals surface area contributed by atoms with Gasteiger partial charge in [-0.1, -0.05) is 31.7 Å². The lowest BCUT2D eigenvalue weighted by atomic mass is 10.1. The van der Waals surface area contributed by atoms with Crippen LogP contribution in [-0.4, -0.2) is 27.9 Å². The van der Waals surface area contributed by atoms with Crippen LogP contribution in [0.4, 0.5) is 0 Å². The van der Waals surface area contributed by atoms with Gasteiger partial charge < -0.3 is 20.6 Å². The van der Waals surface area contributed by atoms with Crippen LogP contribution in [0.1, 0.15) is 50.2 Å². The van der Waals surface area contributed by atoms with Gasteiger partial charge in [0.05, 0.1) is 6.10 Å². The number of aliphatic hydroxyl groups is 1. The first-order chi connectivity index (χ1) is 9.16. The van der Waals surface area contributed by atoms with Gasteiger partial charge in [0.2, 0.25) is 0 Å². The summed E-state index contributed by atoms with van der Waals surface area (Å²) in [6.07, 6.45) is 6.83. The number of phenolic OH excluding ortho intramolecular Hbond substituents is 2. The molecular weight excluding hydrogens is 242 g/mol. The Morgan fingerprint density at radius 2 is 1.74 bits per heavy atom. The van der Waals surface area contributed by atoms with Crippen LogP contribution in [0.3, 0.4) is 0 Å². The van der Waals surface area contributed by atoms with Crippen LogP contribution in [0.25, 0.3) is 0 Å². The minimum atomic E-state index is -0.658.